The first-order valence-electron chi connectivity index (χ1n) is 5.21. The Bertz CT molecular complexity index is 327. The fourth-order valence-electron chi connectivity index (χ4n) is 2.60. The molecule has 0 radical (unpaired) electrons. The zero-order chi connectivity index (χ0) is 10.8. The van der Waals surface area contributed by atoms with Crippen LogP contribution in [0.4, 0.5) is 8.78 Å². The van der Waals surface area contributed by atoms with Crippen molar-refractivity contribution in [1.29, 1.82) is 0 Å². The summed E-state index contributed by atoms with van der Waals surface area (Å²) in [6, 6.07) is 0. The lowest BCUT2D eigenvalue weighted by Gasteiger charge is -2.36. The lowest BCUT2D eigenvalue weighted by molar-refractivity contribution is -0.149. The van der Waals surface area contributed by atoms with Gasteiger partial charge in [0.05, 0.1) is 11.8 Å². The predicted octanol–water partition coefficient (Wildman–Crippen LogP) is 1.04. The molecule has 3 fully saturated rings. The summed E-state index contributed by atoms with van der Waals surface area (Å²) in [5, 5.41) is 0. The van der Waals surface area contributed by atoms with Crippen LogP contribution in [0.15, 0.2) is 0 Å². The minimum atomic E-state index is -2.57. The molecule has 2 atom stereocenters. The molecule has 0 aromatic rings. The number of likely N-dealkylation sites (tertiary alicyclic amines) is 1. The third kappa shape index (κ3) is 1.28. The molecule has 5 heteroatoms. The third-order valence-electron chi connectivity index (χ3n) is 3.57. The summed E-state index contributed by atoms with van der Waals surface area (Å²) in [7, 11) is 0. The number of piperidine rings is 1. The fraction of sp³-hybridized carbons (Fsp3) is 0.800. The van der Waals surface area contributed by atoms with Crippen molar-refractivity contribution < 1.29 is 18.4 Å². The van der Waals surface area contributed by atoms with Crippen molar-refractivity contribution in [2.24, 2.45) is 17.8 Å². The van der Waals surface area contributed by atoms with E-state index in [2.05, 4.69) is 0 Å². The molecule has 15 heavy (non-hydrogen) atoms. The quantitative estimate of drug-likeness (QED) is 0.645. The van der Waals surface area contributed by atoms with Crippen LogP contribution in [-0.4, -0.2) is 29.2 Å². The molecule has 0 spiro atoms. The summed E-state index contributed by atoms with van der Waals surface area (Å²) in [6.07, 6.45) is 0.313. The van der Waals surface area contributed by atoms with E-state index in [0.29, 0.717) is 6.42 Å². The first kappa shape index (κ1) is 9.24. The van der Waals surface area contributed by atoms with Gasteiger partial charge in [0.2, 0.25) is 17.7 Å². The Labute approximate surface area is 85.4 Å². The van der Waals surface area contributed by atoms with Gasteiger partial charge in [-0.1, -0.05) is 0 Å². The number of carbonyl (C=O) groups is 2. The number of hydrogen-bond acceptors (Lipinski definition) is 2. The van der Waals surface area contributed by atoms with Crippen LogP contribution in [0.3, 0.4) is 0 Å². The zero-order valence-corrected chi connectivity index (χ0v) is 8.08. The van der Waals surface area contributed by atoms with Crippen LogP contribution in [0.5, 0.6) is 0 Å². The van der Waals surface area contributed by atoms with E-state index in [-0.39, 0.29) is 49.0 Å². The number of rotatable bonds is 2. The van der Waals surface area contributed by atoms with E-state index in [9.17, 15) is 18.4 Å². The number of halogens is 2. The highest BCUT2D eigenvalue weighted by Gasteiger charge is 2.59. The molecule has 1 saturated heterocycles. The molecule has 1 aliphatic heterocycles. The second-order valence-electron chi connectivity index (χ2n) is 4.87. The highest BCUT2D eigenvalue weighted by molar-refractivity contribution is 6.08. The van der Waals surface area contributed by atoms with Crippen molar-refractivity contribution in [1.82, 2.24) is 4.90 Å². The zero-order valence-electron chi connectivity index (χ0n) is 8.08. The second-order valence-corrected chi connectivity index (χ2v) is 4.87. The highest BCUT2D eigenvalue weighted by Crippen LogP contribution is 2.49. The van der Waals surface area contributed by atoms with Crippen molar-refractivity contribution in [3.05, 3.63) is 0 Å². The number of imide groups is 1. The third-order valence-corrected chi connectivity index (χ3v) is 3.57. The van der Waals surface area contributed by atoms with E-state index in [1.54, 1.807) is 0 Å². The molecule has 0 aromatic carbocycles. The van der Waals surface area contributed by atoms with Gasteiger partial charge in [-0.05, 0) is 12.3 Å². The van der Waals surface area contributed by atoms with Crippen molar-refractivity contribution in [2.75, 3.05) is 6.54 Å². The maximum Gasteiger partial charge on any atom is 0.248 e. The summed E-state index contributed by atoms with van der Waals surface area (Å²) in [5.74, 6) is -3.26. The van der Waals surface area contributed by atoms with Gasteiger partial charge in [0, 0.05) is 19.4 Å². The summed E-state index contributed by atoms with van der Waals surface area (Å²) in [5.41, 5.74) is 0. The van der Waals surface area contributed by atoms with Gasteiger partial charge in [0.15, 0.2) is 0 Å². The number of nitrogens with zero attached hydrogens (tertiary/aromatic N) is 1. The Kier molecular flexibility index (Phi) is 1.58. The van der Waals surface area contributed by atoms with E-state index in [1.807, 2.05) is 0 Å². The molecule has 0 aromatic heterocycles. The molecule has 2 saturated carbocycles. The molecule has 3 aliphatic rings. The Hall–Kier alpha value is -1.00. The Morgan fingerprint density at radius 2 is 1.73 bits per heavy atom. The molecule has 0 bridgehead atoms. The first-order chi connectivity index (χ1) is 6.98. The maximum atomic E-state index is 12.6. The fourth-order valence-corrected chi connectivity index (χ4v) is 2.60. The number of hydrogen-bond donors (Lipinski definition) is 0. The molecule has 2 amide bonds. The molecule has 0 N–H and O–H groups in total. The lowest BCUT2D eigenvalue weighted by atomic mass is 9.81. The molecular formula is C10H11F2NO2. The number of amides is 2. The van der Waals surface area contributed by atoms with Gasteiger partial charge in [0.25, 0.3) is 0 Å². The summed E-state index contributed by atoms with van der Waals surface area (Å²) < 4.78 is 25.1. The highest BCUT2D eigenvalue weighted by atomic mass is 19.3. The van der Waals surface area contributed by atoms with E-state index >= 15 is 0 Å². The van der Waals surface area contributed by atoms with E-state index < -0.39 is 5.92 Å². The SMILES string of the molecule is O=C1C2CC2C(=O)N1CC1CC(F)(F)C1. The number of alkyl halides is 2. The number of carbonyl (C=O) groups excluding carboxylic acids is 2. The van der Waals surface area contributed by atoms with Gasteiger partial charge >= 0.3 is 0 Å². The minimum Gasteiger partial charge on any atom is -0.282 e. The average molecular weight is 215 g/mol. The summed E-state index contributed by atoms with van der Waals surface area (Å²) >= 11 is 0. The van der Waals surface area contributed by atoms with Crippen molar-refractivity contribution in [2.45, 2.75) is 25.2 Å². The molecule has 1 heterocycles. The Balaban J connectivity index is 1.61. The van der Waals surface area contributed by atoms with Crippen LogP contribution in [0.25, 0.3) is 0 Å². The van der Waals surface area contributed by atoms with Gasteiger partial charge < -0.3 is 0 Å². The monoisotopic (exact) mass is 215 g/mol. The van der Waals surface area contributed by atoms with Gasteiger partial charge in [-0.15, -0.1) is 0 Å². The maximum absolute atomic E-state index is 12.6. The van der Waals surface area contributed by atoms with Gasteiger partial charge in [-0.2, -0.15) is 0 Å². The molecule has 2 unspecified atom stereocenters. The lowest BCUT2D eigenvalue weighted by Crippen LogP contribution is -2.45. The molecule has 3 rings (SSSR count). The Morgan fingerprint density at radius 3 is 2.20 bits per heavy atom. The second kappa shape index (κ2) is 2.57. The predicted molar refractivity (Wildman–Crippen MR) is 46.0 cm³/mol. The molecule has 82 valence electrons. The minimum absolute atomic E-state index is 0.113. The van der Waals surface area contributed by atoms with Crippen molar-refractivity contribution in [3.63, 3.8) is 0 Å². The van der Waals surface area contributed by atoms with Gasteiger partial charge in [-0.3, -0.25) is 14.5 Å². The largest absolute Gasteiger partial charge is 0.282 e. The van der Waals surface area contributed by atoms with Crippen molar-refractivity contribution in [3.8, 4) is 0 Å². The normalized spacial score (nSPS) is 37.9. The van der Waals surface area contributed by atoms with Crippen LogP contribution in [0.2, 0.25) is 0 Å². The average Bonchev–Trinajstić information content (AvgIpc) is 2.83. The van der Waals surface area contributed by atoms with Crippen LogP contribution in [0.1, 0.15) is 19.3 Å². The van der Waals surface area contributed by atoms with Gasteiger partial charge in [0.1, 0.15) is 0 Å². The van der Waals surface area contributed by atoms with Crippen molar-refractivity contribution >= 4 is 11.8 Å². The first-order valence-corrected chi connectivity index (χ1v) is 5.21. The number of fused-ring (bicyclic) bond motifs is 1. The van der Waals surface area contributed by atoms with E-state index in [1.165, 1.54) is 4.90 Å². The van der Waals surface area contributed by atoms with E-state index in [0.717, 1.165) is 0 Å². The van der Waals surface area contributed by atoms with Crippen LogP contribution in [0, 0.1) is 17.8 Å². The molecular weight excluding hydrogens is 204 g/mol. The molecule has 3 nitrogen and oxygen atoms in total. The van der Waals surface area contributed by atoms with Crippen LogP contribution >= 0.6 is 0 Å². The Morgan fingerprint density at radius 1 is 1.20 bits per heavy atom. The van der Waals surface area contributed by atoms with Crippen LogP contribution < -0.4 is 0 Å². The standard InChI is InChI=1S/C10H11F2NO2/c11-10(12)2-5(3-10)4-13-8(14)6-1-7(6)9(13)15/h5-7H,1-4H2. The summed E-state index contributed by atoms with van der Waals surface area (Å²) in [4.78, 5) is 24.2. The van der Waals surface area contributed by atoms with Gasteiger partial charge in [-0.25, -0.2) is 8.78 Å². The van der Waals surface area contributed by atoms with E-state index in [4.69, 9.17) is 0 Å². The van der Waals surface area contributed by atoms with Crippen LogP contribution in [-0.2, 0) is 9.59 Å². The topological polar surface area (TPSA) is 37.4 Å². The smallest absolute Gasteiger partial charge is 0.248 e. The molecule has 2 aliphatic carbocycles. The summed E-state index contributed by atoms with van der Waals surface area (Å²) in [6.45, 7) is 0.209.